The Balaban J connectivity index is 3.29. The number of hydrogen-bond acceptors (Lipinski definition) is 3. The smallest absolute Gasteiger partial charge is 0.290 e. The first kappa shape index (κ1) is 9.50. The third-order valence-electron chi connectivity index (χ3n) is 1.51. The number of halogens is 2. The molecule has 0 saturated carbocycles. The standard InChI is InChI=1S/C7H8F2N2O2/c1-13-4-2-3(10)5(6(8)9)11-7(4)12/h2,6H,10H2,1H3,(H,11,12). The van der Waals surface area contributed by atoms with Gasteiger partial charge in [-0.15, -0.1) is 0 Å². The molecule has 0 amide bonds. The predicted octanol–water partition coefficient (Wildman–Crippen LogP) is 0.903. The highest BCUT2D eigenvalue weighted by atomic mass is 19.3. The van der Waals surface area contributed by atoms with Crippen molar-refractivity contribution in [2.45, 2.75) is 6.43 Å². The van der Waals surface area contributed by atoms with Crippen LogP contribution in [0.3, 0.4) is 0 Å². The summed E-state index contributed by atoms with van der Waals surface area (Å²) in [6.07, 6.45) is -2.79. The first-order valence-electron chi connectivity index (χ1n) is 3.41. The van der Waals surface area contributed by atoms with E-state index in [1.807, 2.05) is 4.98 Å². The minimum absolute atomic E-state index is 0.0816. The van der Waals surface area contributed by atoms with Crippen LogP contribution in [-0.2, 0) is 0 Å². The van der Waals surface area contributed by atoms with Crippen LogP contribution in [0.4, 0.5) is 14.5 Å². The monoisotopic (exact) mass is 190 g/mol. The number of aromatic amines is 1. The van der Waals surface area contributed by atoms with Crippen LogP contribution in [-0.4, -0.2) is 12.1 Å². The van der Waals surface area contributed by atoms with Crippen LogP contribution in [0.2, 0.25) is 0 Å². The molecule has 1 heterocycles. The van der Waals surface area contributed by atoms with Gasteiger partial charge in [0.05, 0.1) is 12.8 Å². The maximum Gasteiger partial charge on any atom is 0.290 e. The van der Waals surface area contributed by atoms with E-state index >= 15 is 0 Å². The number of alkyl halides is 2. The summed E-state index contributed by atoms with van der Waals surface area (Å²) in [5.41, 5.74) is 3.75. The van der Waals surface area contributed by atoms with E-state index in [4.69, 9.17) is 5.73 Å². The quantitative estimate of drug-likeness (QED) is 0.728. The van der Waals surface area contributed by atoms with Crippen LogP contribution in [0.5, 0.6) is 5.75 Å². The van der Waals surface area contributed by atoms with Gasteiger partial charge in [-0.25, -0.2) is 8.78 Å². The molecular formula is C7H8F2N2O2. The molecule has 1 rings (SSSR count). The lowest BCUT2D eigenvalue weighted by Gasteiger charge is -2.05. The molecule has 0 bridgehead atoms. The van der Waals surface area contributed by atoms with Gasteiger partial charge in [-0.3, -0.25) is 4.79 Å². The van der Waals surface area contributed by atoms with Gasteiger partial charge in [-0.2, -0.15) is 0 Å². The van der Waals surface area contributed by atoms with Gasteiger partial charge in [-0.05, 0) is 0 Å². The van der Waals surface area contributed by atoms with Gasteiger partial charge >= 0.3 is 0 Å². The maximum atomic E-state index is 12.2. The number of ether oxygens (including phenoxy) is 1. The molecule has 0 radical (unpaired) electrons. The highest BCUT2D eigenvalue weighted by Crippen LogP contribution is 2.22. The summed E-state index contributed by atoms with van der Waals surface area (Å²) in [6, 6.07) is 1.07. The summed E-state index contributed by atoms with van der Waals surface area (Å²) < 4.78 is 28.9. The predicted molar refractivity (Wildman–Crippen MR) is 43.0 cm³/mol. The lowest BCUT2D eigenvalue weighted by molar-refractivity contribution is 0.146. The number of methoxy groups -OCH3 is 1. The molecule has 13 heavy (non-hydrogen) atoms. The molecule has 4 nitrogen and oxygen atoms in total. The highest BCUT2D eigenvalue weighted by molar-refractivity contribution is 5.47. The van der Waals surface area contributed by atoms with Gasteiger partial charge in [0.15, 0.2) is 5.75 Å². The third-order valence-corrected chi connectivity index (χ3v) is 1.51. The van der Waals surface area contributed by atoms with E-state index in [2.05, 4.69) is 4.74 Å². The van der Waals surface area contributed by atoms with Crippen LogP contribution in [0, 0.1) is 0 Å². The molecule has 0 aromatic carbocycles. The molecule has 0 saturated heterocycles. The van der Waals surface area contributed by atoms with E-state index in [0.717, 1.165) is 6.07 Å². The average Bonchev–Trinajstić information content (AvgIpc) is 2.07. The van der Waals surface area contributed by atoms with Crippen molar-refractivity contribution in [2.24, 2.45) is 0 Å². The summed E-state index contributed by atoms with van der Waals surface area (Å²) in [5.74, 6) is -0.0816. The van der Waals surface area contributed by atoms with Gasteiger partial charge in [0, 0.05) is 6.07 Å². The minimum atomic E-state index is -2.79. The van der Waals surface area contributed by atoms with Gasteiger partial charge in [-0.1, -0.05) is 0 Å². The number of pyridine rings is 1. The highest BCUT2D eigenvalue weighted by Gasteiger charge is 2.14. The molecule has 72 valence electrons. The Kier molecular flexibility index (Phi) is 2.50. The number of aromatic nitrogens is 1. The van der Waals surface area contributed by atoms with Crippen molar-refractivity contribution in [1.82, 2.24) is 4.98 Å². The van der Waals surface area contributed by atoms with E-state index in [1.54, 1.807) is 0 Å². The number of anilines is 1. The molecule has 0 aliphatic rings. The van der Waals surface area contributed by atoms with Crippen LogP contribution in [0.1, 0.15) is 12.1 Å². The van der Waals surface area contributed by atoms with Gasteiger partial charge in [0.1, 0.15) is 5.69 Å². The van der Waals surface area contributed by atoms with Crippen molar-refractivity contribution < 1.29 is 13.5 Å². The van der Waals surface area contributed by atoms with E-state index in [0.29, 0.717) is 0 Å². The second kappa shape index (κ2) is 3.42. The van der Waals surface area contributed by atoms with Crippen LogP contribution in [0.15, 0.2) is 10.9 Å². The number of nitrogen functional groups attached to an aromatic ring is 1. The molecule has 6 heteroatoms. The summed E-state index contributed by atoms with van der Waals surface area (Å²) in [4.78, 5) is 12.9. The topological polar surface area (TPSA) is 68.1 Å². The molecule has 0 atom stereocenters. The Bertz CT molecular complexity index is 362. The summed E-state index contributed by atoms with van der Waals surface area (Å²) in [5, 5.41) is 0. The fourth-order valence-corrected chi connectivity index (χ4v) is 0.873. The van der Waals surface area contributed by atoms with Crippen molar-refractivity contribution >= 4 is 5.69 Å². The Morgan fingerprint density at radius 1 is 1.62 bits per heavy atom. The van der Waals surface area contributed by atoms with Gasteiger partial charge < -0.3 is 15.5 Å². The number of rotatable bonds is 2. The summed E-state index contributed by atoms with van der Waals surface area (Å²) in [6.45, 7) is 0. The summed E-state index contributed by atoms with van der Waals surface area (Å²) >= 11 is 0. The Morgan fingerprint density at radius 3 is 2.69 bits per heavy atom. The van der Waals surface area contributed by atoms with Gasteiger partial charge in [0.2, 0.25) is 0 Å². The molecule has 0 unspecified atom stereocenters. The third kappa shape index (κ3) is 1.77. The van der Waals surface area contributed by atoms with Crippen LogP contribution >= 0.6 is 0 Å². The first-order chi connectivity index (χ1) is 6.06. The van der Waals surface area contributed by atoms with E-state index in [9.17, 15) is 13.6 Å². The zero-order valence-corrected chi connectivity index (χ0v) is 6.80. The maximum absolute atomic E-state index is 12.2. The van der Waals surface area contributed by atoms with Crippen molar-refractivity contribution in [3.05, 3.63) is 22.1 Å². The zero-order chi connectivity index (χ0) is 10.0. The second-order valence-electron chi connectivity index (χ2n) is 2.34. The minimum Gasteiger partial charge on any atom is -0.491 e. The van der Waals surface area contributed by atoms with Crippen molar-refractivity contribution in [3.8, 4) is 5.75 Å². The molecule has 3 N–H and O–H groups in total. The Morgan fingerprint density at radius 2 is 2.23 bits per heavy atom. The normalized spacial score (nSPS) is 10.5. The fraction of sp³-hybridized carbons (Fsp3) is 0.286. The molecule has 0 spiro atoms. The van der Waals surface area contributed by atoms with Crippen molar-refractivity contribution in [3.63, 3.8) is 0 Å². The van der Waals surface area contributed by atoms with E-state index in [-0.39, 0.29) is 11.4 Å². The second-order valence-corrected chi connectivity index (χ2v) is 2.34. The van der Waals surface area contributed by atoms with Gasteiger partial charge in [0.25, 0.3) is 12.0 Å². The van der Waals surface area contributed by atoms with Crippen LogP contribution in [0.25, 0.3) is 0 Å². The Labute approximate surface area is 72.3 Å². The number of nitrogens with two attached hydrogens (primary N) is 1. The molecule has 0 aliphatic heterocycles. The number of hydrogen-bond donors (Lipinski definition) is 2. The molecule has 1 aromatic rings. The Hall–Kier alpha value is -1.59. The SMILES string of the molecule is COc1cc(N)c(C(F)F)[nH]c1=O. The molecule has 0 aliphatic carbocycles. The molecule has 1 aromatic heterocycles. The first-order valence-corrected chi connectivity index (χ1v) is 3.41. The van der Waals surface area contributed by atoms with Crippen LogP contribution < -0.4 is 16.0 Å². The largest absolute Gasteiger partial charge is 0.491 e. The summed E-state index contributed by atoms with van der Waals surface area (Å²) in [7, 11) is 1.26. The van der Waals surface area contributed by atoms with E-state index < -0.39 is 17.7 Å². The van der Waals surface area contributed by atoms with E-state index in [1.165, 1.54) is 7.11 Å². The van der Waals surface area contributed by atoms with Crippen molar-refractivity contribution in [1.29, 1.82) is 0 Å². The fourth-order valence-electron chi connectivity index (χ4n) is 0.873. The average molecular weight is 190 g/mol. The lowest BCUT2D eigenvalue weighted by Crippen LogP contribution is -2.14. The zero-order valence-electron chi connectivity index (χ0n) is 6.80. The lowest BCUT2D eigenvalue weighted by atomic mass is 10.3. The number of H-pyrrole nitrogens is 1. The molecule has 0 fully saturated rings. The number of nitrogens with one attached hydrogen (secondary N) is 1. The molecular weight excluding hydrogens is 182 g/mol. The van der Waals surface area contributed by atoms with Crippen molar-refractivity contribution in [2.75, 3.05) is 12.8 Å².